The second kappa shape index (κ2) is 8.10. The van der Waals surface area contributed by atoms with Crippen LogP contribution < -0.4 is 5.32 Å². The molecule has 1 aromatic carbocycles. The first kappa shape index (κ1) is 20.6. The number of amides is 2. The number of benzene rings is 1. The van der Waals surface area contributed by atoms with Gasteiger partial charge in [-0.15, -0.1) is 0 Å². The van der Waals surface area contributed by atoms with E-state index in [-0.39, 0.29) is 48.8 Å². The van der Waals surface area contributed by atoms with Crippen LogP contribution in [0.25, 0.3) is 11.0 Å². The smallest absolute Gasteiger partial charge is 0.245 e. The van der Waals surface area contributed by atoms with Crippen molar-refractivity contribution in [1.82, 2.24) is 23.3 Å². The van der Waals surface area contributed by atoms with Crippen molar-refractivity contribution in [3.05, 3.63) is 18.2 Å². The first-order valence-electron chi connectivity index (χ1n) is 9.02. The number of carbonyl (C=O) groups is 2. The Labute approximate surface area is 168 Å². The van der Waals surface area contributed by atoms with Gasteiger partial charge in [0.1, 0.15) is 22.0 Å². The maximum absolute atomic E-state index is 13.0. The van der Waals surface area contributed by atoms with Crippen molar-refractivity contribution in [2.24, 2.45) is 5.92 Å². The first-order chi connectivity index (χ1) is 13.2. The van der Waals surface area contributed by atoms with E-state index in [1.807, 2.05) is 0 Å². The van der Waals surface area contributed by atoms with Gasteiger partial charge in [0.15, 0.2) is 0 Å². The van der Waals surface area contributed by atoms with E-state index in [1.54, 1.807) is 37.8 Å². The molecule has 11 heteroatoms. The highest BCUT2D eigenvalue weighted by Crippen LogP contribution is 2.25. The van der Waals surface area contributed by atoms with Crippen molar-refractivity contribution in [3.63, 3.8) is 0 Å². The molecule has 3 rings (SSSR count). The van der Waals surface area contributed by atoms with Crippen molar-refractivity contribution in [2.75, 3.05) is 26.2 Å². The Morgan fingerprint density at radius 2 is 1.79 bits per heavy atom. The second-order valence-corrected chi connectivity index (χ2v) is 9.44. The molecule has 2 heterocycles. The Morgan fingerprint density at radius 1 is 1.11 bits per heavy atom. The van der Waals surface area contributed by atoms with Gasteiger partial charge in [-0.25, -0.2) is 8.42 Å². The molecule has 28 heavy (non-hydrogen) atoms. The van der Waals surface area contributed by atoms with Crippen LogP contribution in [0.4, 0.5) is 0 Å². The Bertz CT molecular complexity index is 980. The van der Waals surface area contributed by atoms with E-state index < -0.39 is 16.1 Å². The third-order valence-corrected chi connectivity index (χ3v) is 7.14. The molecular formula is C17H23N5O4S2. The lowest BCUT2D eigenvalue weighted by atomic mass is 10.2. The fraction of sp³-hybridized carbons (Fsp3) is 0.529. The van der Waals surface area contributed by atoms with Crippen molar-refractivity contribution in [1.29, 1.82) is 0 Å². The van der Waals surface area contributed by atoms with Gasteiger partial charge in [0.25, 0.3) is 0 Å². The molecule has 9 nitrogen and oxygen atoms in total. The van der Waals surface area contributed by atoms with E-state index >= 15 is 0 Å². The summed E-state index contributed by atoms with van der Waals surface area (Å²) >= 11 is 0.974. The van der Waals surface area contributed by atoms with Gasteiger partial charge in [-0.1, -0.05) is 19.9 Å². The van der Waals surface area contributed by atoms with Crippen LogP contribution in [-0.4, -0.2) is 70.4 Å². The molecule has 152 valence electrons. The molecule has 1 saturated heterocycles. The largest absolute Gasteiger partial charge is 0.344 e. The zero-order valence-electron chi connectivity index (χ0n) is 16.0. The predicted octanol–water partition coefficient (Wildman–Crippen LogP) is 0.685. The molecule has 0 spiro atoms. The van der Waals surface area contributed by atoms with Crippen LogP contribution in [0.5, 0.6) is 0 Å². The summed E-state index contributed by atoms with van der Waals surface area (Å²) in [7, 11) is -3.73. The maximum atomic E-state index is 13.0. The lowest BCUT2D eigenvalue weighted by Gasteiger charge is -2.35. The Morgan fingerprint density at radius 3 is 2.43 bits per heavy atom. The van der Waals surface area contributed by atoms with Crippen molar-refractivity contribution in [3.8, 4) is 0 Å². The molecule has 1 N–H and O–H groups in total. The normalized spacial score (nSPS) is 17.1. The number of fused-ring (bicyclic) bond motifs is 1. The summed E-state index contributed by atoms with van der Waals surface area (Å²) < 4.78 is 35.6. The van der Waals surface area contributed by atoms with Crippen LogP contribution in [0.1, 0.15) is 20.8 Å². The van der Waals surface area contributed by atoms with E-state index in [1.165, 1.54) is 10.4 Å². The lowest BCUT2D eigenvalue weighted by molar-refractivity contribution is -0.137. The van der Waals surface area contributed by atoms with Crippen LogP contribution in [0.2, 0.25) is 0 Å². The Hall–Kier alpha value is -2.11. The molecule has 0 bridgehead atoms. The Kier molecular flexibility index (Phi) is 5.96. The quantitative estimate of drug-likeness (QED) is 0.754. The van der Waals surface area contributed by atoms with Gasteiger partial charge in [0, 0.05) is 32.1 Å². The standard InChI is InChI=1S/C17H23N5O4S2/c1-11(2)16(23)18-12(3)17(24)21-7-9-22(10-8-21)28(25,26)14-6-4-5-13-15(14)20-27-19-13/h4-6,11-12H,7-10H2,1-3H3,(H,18,23). The molecule has 2 amide bonds. The maximum Gasteiger partial charge on any atom is 0.245 e. The van der Waals surface area contributed by atoms with Crippen molar-refractivity contribution < 1.29 is 18.0 Å². The molecule has 0 saturated carbocycles. The minimum atomic E-state index is -3.73. The summed E-state index contributed by atoms with van der Waals surface area (Å²) in [4.78, 5) is 26.1. The van der Waals surface area contributed by atoms with E-state index in [2.05, 4.69) is 14.1 Å². The number of nitrogens with zero attached hydrogens (tertiary/aromatic N) is 4. The minimum absolute atomic E-state index is 0.135. The highest BCUT2D eigenvalue weighted by atomic mass is 32.2. The number of sulfonamides is 1. The van der Waals surface area contributed by atoms with Gasteiger partial charge >= 0.3 is 0 Å². The number of aromatic nitrogens is 2. The molecule has 2 aromatic rings. The number of piperazine rings is 1. The lowest BCUT2D eigenvalue weighted by Crippen LogP contribution is -2.55. The molecule has 1 fully saturated rings. The summed E-state index contributed by atoms with van der Waals surface area (Å²) in [5.41, 5.74) is 0.922. The average Bonchev–Trinajstić information content (AvgIpc) is 3.16. The van der Waals surface area contributed by atoms with Crippen molar-refractivity contribution >= 4 is 44.6 Å². The number of rotatable bonds is 5. The summed E-state index contributed by atoms with van der Waals surface area (Å²) in [6, 6.07) is 4.25. The van der Waals surface area contributed by atoms with Crippen LogP contribution in [-0.2, 0) is 19.6 Å². The van der Waals surface area contributed by atoms with Crippen LogP contribution in [0, 0.1) is 5.92 Å². The second-order valence-electron chi connectivity index (χ2n) is 7.00. The highest BCUT2D eigenvalue weighted by Gasteiger charge is 2.33. The van der Waals surface area contributed by atoms with Crippen LogP contribution >= 0.6 is 11.7 Å². The van der Waals surface area contributed by atoms with Crippen molar-refractivity contribution in [2.45, 2.75) is 31.7 Å². The fourth-order valence-electron chi connectivity index (χ4n) is 2.99. The molecule has 1 aromatic heterocycles. The van der Waals surface area contributed by atoms with Crippen LogP contribution in [0.15, 0.2) is 23.1 Å². The summed E-state index contributed by atoms with van der Waals surface area (Å²) in [5.74, 6) is -0.607. The molecule has 0 radical (unpaired) electrons. The van der Waals surface area contributed by atoms with Gasteiger partial charge in [-0.2, -0.15) is 13.1 Å². The van der Waals surface area contributed by atoms with E-state index in [0.29, 0.717) is 11.0 Å². The zero-order valence-corrected chi connectivity index (χ0v) is 17.6. The number of hydrogen-bond donors (Lipinski definition) is 1. The highest BCUT2D eigenvalue weighted by molar-refractivity contribution is 7.89. The molecular weight excluding hydrogens is 402 g/mol. The van der Waals surface area contributed by atoms with Gasteiger partial charge < -0.3 is 10.2 Å². The number of hydrogen-bond acceptors (Lipinski definition) is 7. The topological polar surface area (TPSA) is 113 Å². The average molecular weight is 426 g/mol. The molecule has 0 aliphatic carbocycles. The summed E-state index contributed by atoms with van der Waals surface area (Å²) in [6.45, 7) is 6.07. The fourth-order valence-corrected chi connectivity index (χ4v) is 5.17. The number of carbonyl (C=O) groups excluding carboxylic acids is 2. The van der Waals surface area contributed by atoms with Gasteiger partial charge in [-0.05, 0) is 19.1 Å². The zero-order chi connectivity index (χ0) is 20.5. The molecule has 1 atom stereocenters. The first-order valence-corrected chi connectivity index (χ1v) is 11.2. The summed E-state index contributed by atoms with van der Waals surface area (Å²) in [5, 5.41) is 2.68. The molecule has 1 aliphatic rings. The van der Waals surface area contributed by atoms with Gasteiger partial charge in [0.05, 0.1) is 11.7 Å². The SMILES string of the molecule is CC(C)C(=O)NC(C)C(=O)N1CCN(S(=O)(=O)c2cccc3nsnc23)CC1. The molecule has 1 unspecified atom stereocenters. The summed E-state index contributed by atoms with van der Waals surface area (Å²) in [6.07, 6.45) is 0. The van der Waals surface area contributed by atoms with E-state index in [0.717, 1.165) is 11.7 Å². The van der Waals surface area contributed by atoms with Crippen LogP contribution in [0.3, 0.4) is 0 Å². The molecule has 1 aliphatic heterocycles. The third-order valence-electron chi connectivity index (χ3n) is 4.67. The third kappa shape index (κ3) is 4.01. The predicted molar refractivity (Wildman–Crippen MR) is 105 cm³/mol. The number of nitrogens with one attached hydrogen (secondary N) is 1. The van der Waals surface area contributed by atoms with E-state index in [4.69, 9.17) is 0 Å². The monoisotopic (exact) mass is 425 g/mol. The minimum Gasteiger partial charge on any atom is -0.344 e. The van der Waals surface area contributed by atoms with Gasteiger partial charge in [-0.3, -0.25) is 9.59 Å². The Balaban J connectivity index is 1.67. The van der Waals surface area contributed by atoms with E-state index in [9.17, 15) is 18.0 Å². The van der Waals surface area contributed by atoms with Gasteiger partial charge in [0.2, 0.25) is 21.8 Å².